The first-order valence-electron chi connectivity index (χ1n) is 8.47. The minimum atomic E-state index is 0.116. The van der Waals surface area contributed by atoms with Crippen LogP contribution in [0.2, 0.25) is 0 Å². The first kappa shape index (κ1) is 18.3. The number of thioether (sulfide) groups is 1. The number of ether oxygens (including phenoxy) is 1. The second-order valence-electron chi connectivity index (χ2n) is 6.43. The summed E-state index contributed by atoms with van der Waals surface area (Å²) in [5.41, 5.74) is 2.16. The van der Waals surface area contributed by atoms with Crippen LogP contribution in [0.3, 0.4) is 0 Å². The number of carbonyl (C=O) groups is 1. The van der Waals surface area contributed by atoms with Gasteiger partial charge in [0.2, 0.25) is 5.91 Å². The molecule has 0 bridgehead atoms. The third-order valence-electron chi connectivity index (χ3n) is 4.73. The van der Waals surface area contributed by atoms with Gasteiger partial charge in [0, 0.05) is 25.4 Å². The Hall–Kier alpha value is -1.01. The van der Waals surface area contributed by atoms with Gasteiger partial charge in [0.1, 0.15) is 0 Å². The van der Waals surface area contributed by atoms with Gasteiger partial charge in [-0.15, -0.1) is 0 Å². The van der Waals surface area contributed by atoms with Crippen LogP contribution in [-0.4, -0.2) is 41.0 Å². The molecule has 2 rings (SSSR count). The predicted molar refractivity (Wildman–Crippen MR) is 93.9 cm³/mol. The van der Waals surface area contributed by atoms with Crippen LogP contribution in [-0.2, 0) is 16.1 Å². The highest BCUT2D eigenvalue weighted by Crippen LogP contribution is 2.24. The molecule has 130 valence electrons. The SMILES string of the molecule is COCCn1c(SCC(=O)N[C@@H]2CCCC[C@@H]2C)nc(C)c1C. The molecule has 5 nitrogen and oxygen atoms in total. The number of nitrogens with zero attached hydrogens (tertiary/aromatic N) is 2. The summed E-state index contributed by atoms with van der Waals surface area (Å²) in [6.07, 6.45) is 4.84. The van der Waals surface area contributed by atoms with Crippen molar-refractivity contribution in [3.8, 4) is 0 Å². The number of hydrogen-bond acceptors (Lipinski definition) is 4. The van der Waals surface area contributed by atoms with Gasteiger partial charge >= 0.3 is 0 Å². The van der Waals surface area contributed by atoms with Crippen LogP contribution in [0.25, 0.3) is 0 Å². The molecule has 1 aliphatic rings. The number of amides is 1. The largest absolute Gasteiger partial charge is 0.383 e. The van der Waals surface area contributed by atoms with Crippen molar-refractivity contribution in [2.24, 2.45) is 5.92 Å². The average molecular weight is 340 g/mol. The molecular formula is C17H29N3O2S. The lowest BCUT2D eigenvalue weighted by Crippen LogP contribution is -2.41. The molecule has 2 atom stereocenters. The molecule has 1 saturated carbocycles. The van der Waals surface area contributed by atoms with Crippen molar-refractivity contribution in [3.63, 3.8) is 0 Å². The number of rotatable bonds is 7. The molecule has 1 aromatic heterocycles. The highest BCUT2D eigenvalue weighted by Gasteiger charge is 2.23. The van der Waals surface area contributed by atoms with Crippen molar-refractivity contribution >= 4 is 17.7 Å². The summed E-state index contributed by atoms with van der Waals surface area (Å²) in [6, 6.07) is 0.341. The first-order chi connectivity index (χ1) is 11.0. The molecule has 0 unspecified atom stereocenters. The summed E-state index contributed by atoms with van der Waals surface area (Å²) in [6.45, 7) is 7.72. The van der Waals surface area contributed by atoms with Gasteiger partial charge in [-0.2, -0.15) is 0 Å². The van der Waals surface area contributed by atoms with Gasteiger partial charge in [-0.1, -0.05) is 31.5 Å². The summed E-state index contributed by atoms with van der Waals surface area (Å²) in [5, 5.41) is 4.11. The number of nitrogens with one attached hydrogen (secondary N) is 1. The molecule has 1 amide bonds. The zero-order chi connectivity index (χ0) is 16.8. The molecular weight excluding hydrogens is 310 g/mol. The van der Waals surface area contributed by atoms with E-state index in [4.69, 9.17) is 4.74 Å². The quantitative estimate of drug-likeness (QED) is 0.776. The van der Waals surface area contributed by atoms with Gasteiger partial charge in [0.05, 0.1) is 18.1 Å². The van der Waals surface area contributed by atoms with Crippen LogP contribution >= 0.6 is 11.8 Å². The summed E-state index contributed by atoms with van der Waals surface area (Å²) in [4.78, 5) is 16.8. The molecule has 1 aliphatic carbocycles. The van der Waals surface area contributed by atoms with E-state index in [1.165, 1.54) is 31.0 Å². The minimum absolute atomic E-state index is 0.116. The summed E-state index contributed by atoms with van der Waals surface area (Å²) in [7, 11) is 1.70. The van der Waals surface area contributed by atoms with Crippen molar-refractivity contribution in [2.45, 2.75) is 64.2 Å². The molecule has 6 heteroatoms. The maximum Gasteiger partial charge on any atom is 0.230 e. The van der Waals surface area contributed by atoms with Gasteiger partial charge in [-0.3, -0.25) is 4.79 Å². The third kappa shape index (κ3) is 4.98. The van der Waals surface area contributed by atoms with Crippen LogP contribution in [0, 0.1) is 19.8 Å². The zero-order valence-corrected chi connectivity index (χ0v) is 15.5. The Balaban J connectivity index is 1.89. The molecule has 23 heavy (non-hydrogen) atoms. The Morgan fingerprint density at radius 1 is 1.39 bits per heavy atom. The smallest absolute Gasteiger partial charge is 0.230 e. The Labute approximate surface area is 143 Å². The summed E-state index contributed by atoms with van der Waals surface area (Å²) >= 11 is 1.51. The normalized spacial score (nSPS) is 21.4. The Bertz CT molecular complexity index is 530. The molecule has 1 heterocycles. The van der Waals surface area contributed by atoms with Gasteiger partial charge in [0.25, 0.3) is 0 Å². The Morgan fingerprint density at radius 3 is 2.83 bits per heavy atom. The van der Waals surface area contributed by atoms with Crippen LogP contribution in [0.4, 0.5) is 0 Å². The van der Waals surface area contributed by atoms with Crippen molar-refractivity contribution in [1.29, 1.82) is 0 Å². The van der Waals surface area contributed by atoms with Crippen LogP contribution < -0.4 is 5.32 Å². The molecule has 0 spiro atoms. The van der Waals surface area contributed by atoms with Crippen molar-refractivity contribution in [1.82, 2.24) is 14.9 Å². The lowest BCUT2D eigenvalue weighted by molar-refractivity contribution is -0.119. The first-order valence-corrected chi connectivity index (χ1v) is 9.46. The topological polar surface area (TPSA) is 56.1 Å². The van der Waals surface area contributed by atoms with E-state index in [1.807, 2.05) is 6.92 Å². The van der Waals surface area contributed by atoms with Crippen LogP contribution in [0.15, 0.2) is 5.16 Å². The van der Waals surface area contributed by atoms with Crippen LogP contribution in [0.5, 0.6) is 0 Å². The second kappa shape index (κ2) is 8.73. The van der Waals surface area contributed by atoms with Crippen LogP contribution in [0.1, 0.15) is 44.0 Å². The molecule has 0 radical (unpaired) electrons. The zero-order valence-electron chi connectivity index (χ0n) is 14.7. The highest BCUT2D eigenvalue weighted by molar-refractivity contribution is 7.99. The number of aromatic nitrogens is 2. The Kier molecular flexibility index (Phi) is 6.96. The van der Waals surface area contributed by atoms with E-state index in [1.54, 1.807) is 7.11 Å². The average Bonchev–Trinajstić information content (AvgIpc) is 2.80. The molecule has 0 aliphatic heterocycles. The standard InChI is InChI=1S/C17H29N3O2S/c1-12-7-5-6-8-15(12)19-16(21)11-23-17-18-13(2)14(3)20(17)9-10-22-4/h12,15H,5-11H2,1-4H3,(H,19,21)/t12-,15+/m0/s1. The van der Waals surface area contributed by atoms with Crippen molar-refractivity contribution in [2.75, 3.05) is 19.5 Å². The highest BCUT2D eigenvalue weighted by atomic mass is 32.2. The van der Waals surface area contributed by atoms with Gasteiger partial charge < -0.3 is 14.6 Å². The Morgan fingerprint density at radius 2 is 2.13 bits per heavy atom. The van der Waals surface area contributed by atoms with E-state index >= 15 is 0 Å². The van der Waals surface area contributed by atoms with Crippen molar-refractivity contribution < 1.29 is 9.53 Å². The van der Waals surface area contributed by atoms with E-state index in [0.717, 1.165) is 29.5 Å². The number of imidazole rings is 1. The number of hydrogen-bond donors (Lipinski definition) is 1. The maximum absolute atomic E-state index is 12.3. The van der Waals surface area contributed by atoms with E-state index < -0.39 is 0 Å². The molecule has 1 fully saturated rings. The summed E-state index contributed by atoms with van der Waals surface area (Å²) < 4.78 is 7.30. The number of aryl methyl sites for hydroxylation is 1. The maximum atomic E-state index is 12.3. The lowest BCUT2D eigenvalue weighted by Gasteiger charge is -2.29. The predicted octanol–water partition coefficient (Wildman–Crippen LogP) is 2.93. The number of carbonyl (C=O) groups excluding carboxylic acids is 1. The van der Waals surface area contributed by atoms with E-state index in [2.05, 4.69) is 28.7 Å². The fourth-order valence-electron chi connectivity index (χ4n) is 3.09. The molecule has 1 aromatic rings. The molecule has 0 saturated heterocycles. The molecule has 0 aromatic carbocycles. The fraction of sp³-hybridized carbons (Fsp3) is 0.765. The van der Waals surface area contributed by atoms with Gasteiger partial charge in [-0.05, 0) is 32.6 Å². The second-order valence-corrected chi connectivity index (χ2v) is 7.38. The summed E-state index contributed by atoms with van der Waals surface area (Å²) in [5.74, 6) is 1.13. The lowest BCUT2D eigenvalue weighted by atomic mass is 9.86. The van der Waals surface area contributed by atoms with Gasteiger partial charge in [-0.25, -0.2) is 4.98 Å². The van der Waals surface area contributed by atoms with Gasteiger partial charge in [0.15, 0.2) is 5.16 Å². The monoisotopic (exact) mass is 339 g/mol. The van der Waals surface area contributed by atoms with E-state index in [0.29, 0.717) is 24.3 Å². The number of methoxy groups -OCH3 is 1. The van der Waals surface area contributed by atoms with Crippen molar-refractivity contribution in [3.05, 3.63) is 11.4 Å². The minimum Gasteiger partial charge on any atom is -0.383 e. The van der Waals surface area contributed by atoms with E-state index in [-0.39, 0.29) is 5.91 Å². The molecule has 1 N–H and O–H groups in total. The van der Waals surface area contributed by atoms with E-state index in [9.17, 15) is 4.79 Å². The fourth-order valence-corrected chi connectivity index (χ4v) is 4.02. The third-order valence-corrected chi connectivity index (χ3v) is 5.71.